The molecule has 0 aliphatic carbocycles. The number of hydrogen-bond donors (Lipinski definition) is 1. The Balaban J connectivity index is 1.54. The number of cyclic esters (lactones) is 1. The first-order valence-electron chi connectivity index (χ1n) is 10.5. The Hall–Kier alpha value is -4.39. The molecular formula is C26H20N2O5. The highest BCUT2D eigenvalue weighted by Crippen LogP contribution is 2.28. The summed E-state index contributed by atoms with van der Waals surface area (Å²) in [6, 6.07) is 21.2. The van der Waals surface area contributed by atoms with Crippen molar-refractivity contribution in [2.24, 2.45) is 0 Å². The van der Waals surface area contributed by atoms with Crippen molar-refractivity contribution in [3.63, 3.8) is 0 Å². The van der Waals surface area contributed by atoms with Crippen molar-refractivity contribution in [2.45, 2.75) is 6.92 Å². The Morgan fingerprint density at radius 2 is 1.76 bits per heavy atom. The molecule has 1 aliphatic rings. The summed E-state index contributed by atoms with van der Waals surface area (Å²) in [5.41, 5.74) is 2.66. The number of nitrogens with zero attached hydrogens (tertiary/aromatic N) is 1. The highest BCUT2D eigenvalue weighted by atomic mass is 16.6. The Morgan fingerprint density at radius 3 is 2.52 bits per heavy atom. The van der Waals surface area contributed by atoms with E-state index in [1.807, 2.05) is 30.3 Å². The van der Waals surface area contributed by atoms with Gasteiger partial charge in [-0.3, -0.25) is 14.5 Å². The summed E-state index contributed by atoms with van der Waals surface area (Å²) in [6.45, 7) is 2.50. The molecule has 1 aromatic heterocycles. The zero-order chi connectivity index (χ0) is 22.9. The van der Waals surface area contributed by atoms with Gasteiger partial charge in [-0.1, -0.05) is 42.5 Å². The maximum absolute atomic E-state index is 13.2. The van der Waals surface area contributed by atoms with Crippen LogP contribution < -0.4 is 15.6 Å². The molecule has 1 aliphatic heterocycles. The monoisotopic (exact) mass is 440 g/mol. The lowest BCUT2D eigenvalue weighted by atomic mass is 10.0. The zero-order valence-electron chi connectivity index (χ0n) is 17.8. The second-order valence-electron chi connectivity index (χ2n) is 7.70. The van der Waals surface area contributed by atoms with Crippen LogP contribution in [-0.2, 0) is 4.74 Å². The highest BCUT2D eigenvalue weighted by molar-refractivity contribution is 6.11. The lowest BCUT2D eigenvalue weighted by molar-refractivity contribution is 0.102. The minimum absolute atomic E-state index is 0.181. The molecule has 3 aromatic carbocycles. The van der Waals surface area contributed by atoms with Crippen molar-refractivity contribution in [1.82, 2.24) is 0 Å². The van der Waals surface area contributed by atoms with E-state index in [9.17, 15) is 14.4 Å². The average molecular weight is 440 g/mol. The largest absolute Gasteiger partial charge is 0.455 e. The molecule has 7 nitrogen and oxygen atoms in total. The molecule has 1 N–H and O–H groups in total. The van der Waals surface area contributed by atoms with Crippen molar-refractivity contribution in [1.29, 1.82) is 0 Å². The standard InChI is InChI=1S/C26H20N2O5/c1-16-22(29)20-11-6-12-21(24(20)33-23(16)17-7-3-2-4-8-17)25(30)27-18-9-5-10-19(15-18)28-13-14-32-26(28)31/h2-12,15H,13-14H2,1H3,(H,27,30). The van der Waals surface area contributed by atoms with E-state index in [0.717, 1.165) is 5.56 Å². The predicted octanol–water partition coefficient (Wildman–Crippen LogP) is 4.98. The SMILES string of the molecule is Cc1c(-c2ccccc2)oc2c(C(=O)Nc3cccc(N4CCOC4=O)c3)cccc2c1=O. The number of benzene rings is 3. The van der Waals surface area contributed by atoms with Crippen LogP contribution in [0.2, 0.25) is 0 Å². The van der Waals surface area contributed by atoms with Crippen LogP contribution in [-0.4, -0.2) is 25.2 Å². The first-order valence-corrected chi connectivity index (χ1v) is 10.5. The molecule has 2 amide bonds. The first kappa shape index (κ1) is 20.5. The van der Waals surface area contributed by atoms with E-state index in [4.69, 9.17) is 9.15 Å². The lowest BCUT2D eigenvalue weighted by Crippen LogP contribution is -2.23. The van der Waals surface area contributed by atoms with Gasteiger partial charge in [0.25, 0.3) is 5.91 Å². The van der Waals surface area contributed by atoms with Gasteiger partial charge in [0.2, 0.25) is 0 Å². The van der Waals surface area contributed by atoms with Crippen LogP contribution in [0.1, 0.15) is 15.9 Å². The number of nitrogens with one attached hydrogen (secondary N) is 1. The number of carbonyl (C=O) groups excluding carboxylic acids is 2. The number of carbonyl (C=O) groups is 2. The predicted molar refractivity (Wildman–Crippen MR) is 126 cm³/mol. The fraction of sp³-hybridized carbons (Fsp3) is 0.115. The molecule has 0 spiro atoms. The third kappa shape index (κ3) is 3.74. The number of anilines is 2. The molecule has 164 valence electrons. The van der Waals surface area contributed by atoms with Gasteiger partial charge < -0.3 is 14.5 Å². The first-order chi connectivity index (χ1) is 16.0. The minimum atomic E-state index is -0.423. The summed E-state index contributed by atoms with van der Waals surface area (Å²) >= 11 is 0. The number of ether oxygens (including phenoxy) is 1. The summed E-state index contributed by atoms with van der Waals surface area (Å²) in [5, 5.41) is 3.18. The minimum Gasteiger partial charge on any atom is -0.455 e. The summed E-state index contributed by atoms with van der Waals surface area (Å²) in [4.78, 5) is 39.6. The molecular weight excluding hydrogens is 420 g/mol. The molecule has 4 aromatic rings. The van der Waals surface area contributed by atoms with E-state index in [2.05, 4.69) is 5.32 Å². The molecule has 1 fully saturated rings. The number of para-hydroxylation sites is 1. The molecule has 33 heavy (non-hydrogen) atoms. The molecule has 0 radical (unpaired) electrons. The van der Waals surface area contributed by atoms with Gasteiger partial charge in [-0.2, -0.15) is 0 Å². The van der Waals surface area contributed by atoms with E-state index < -0.39 is 12.0 Å². The third-order valence-corrected chi connectivity index (χ3v) is 5.60. The van der Waals surface area contributed by atoms with Crippen molar-refractivity contribution >= 4 is 34.3 Å². The van der Waals surface area contributed by atoms with Gasteiger partial charge in [-0.25, -0.2) is 4.79 Å². The smallest absolute Gasteiger partial charge is 0.414 e. The Morgan fingerprint density at radius 1 is 0.970 bits per heavy atom. The number of rotatable bonds is 4. The maximum atomic E-state index is 13.2. The summed E-state index contributed by atoms with van der Waals surface area (Å²) < 4.78 is 11.1. The van der Waals surface area contributed by atoms with Crippen LogP contribution >= 0.6 is 0 Å². The molecule has 5 rings (SSSR count). The second-order valence-corrected chi connectivity index (χ2v) is 7.70. The fourth-order valence-corrected chi connectivity index (χ4v) is 3.93. The summed E-state index contributed by atoms with van der Waals surface area (Å²) in [6.07, 6.45) is -0.418. The van der Waals surface area contributed by atoms with Gasteiger partial charge in [0.05, 0.1) is 17.5 Å². The van der Waals surface area contributed by atoms with Gasteiger partial charge in [0.15, 0.2) is 11.0 Å². The van der Waals surface area contributed by atoms with Crippen LogP contribution in [0.25, 0.3) is 22.3 Å². The molecule has 0 bridgehead atoms. The number of hydrogen-bond acceptors (Lipinski definition) is 5. The van der Waals surface area contributed by atoms with Gasteiger partial charge in [-0.15, -0.1) is 0 Å². The lowest BCUT2D eigenvalue weighted by Gasteiger charge is -2.14. The molecule has 0 atom stereocenters. The van der Waals surface area contributed by atoms with Crippen molar-refractivity contribution in [3.8, 4) is 11.3 Å². The molecule has 7 heteroatoms. The maximum Gasteiger partial charge on any atom is 0.414 e. The van der Waals surface area contributed by atoms with Crippen molar-refractivity contribution in [2.75, 3.05) is 23.4 Å². The van der Waals surface area contributed by atoms with Gasteiger partial charge in [0, 0.05) is 22.5 Å². The van der Waals surface area contributed by atoms with Gasteiger partial charge >= 0.3 is 6.09 Å². The summed E-state index contributed by atoms with van der Waals surface area (Å²) in [7, 11) is 0. The van der Waals surface area contributed by atoms with Gasteiger partial charge in [0.1, 0.15) is 12.4 Å². The van der Waals surface area contributed by atoms with Crippen LogP contribution in [0.4, 0.5) is 16.2 Å². The Kier molecular flexibility index (Phi) is 5.14. The molecule has 0 unspecified atom stereocenters. The topological polar surface area (TPSA) is 88.8 Å². The molecule has 2 heterocycles. The van der Waals surface area contributed by atoms with E-state index in [1.54, 1.807) is 49.4 Å². The normalized spacial score (nSPS) is 13.2. The van der Waals surface area contributed by atoms with Crippen LogP contribution in [0.3, 0.4) is 0 Å². The van der Waals surface area contributed by atoms with E-state index in [0.29, 0.717) is 41.2 Å². The van der Waals surface area contributed by atoms with Crippen LogP contribution in [0, 0.1) is 6.92 Å². The van der Waals surface area contributed by atoms with Gasteiger partial charge in [-0.05, 0) is 37.3 Å². The van der Waals surface area contributed by atoms with E-state index >= 15 is 0 Å². The fourth-order valence-electron chi connectivity index (χ4n) is 3.93. The van der Waals surface area contributed by atoms with Crippen molar-refractivity contribution < 1.29 is 18.7 Å². The number of amides is 2. The molecule has 0 saturated carbocycles. The number of fused-ring (bicyclic) bond motifs is 1. The zero-order valence-corrected chi connectivity index (χ0v) is 17.8. The average Bonchev–Trinajstić information content (AvgIpc) is 3.27. The quantitative estimate of drug-likeness (QED) is 0.484. The molecule has 1 saturated heterocycles. The van der Waals surface area contributed by atoms with E-state index in [-0.39, 0.29) is 16.6 Å². The van der Waals surface area contributed by atoms with Crippen LogP contribution in [0.5, 0.6) is 0 Å². The second kappa shape index (κ2) is 8.27. The van der Waals surface area contributed by atoms with Crippen molar-refractivity contribution in [3.05, 3.63) is 94.1 Å². The highest BCUT2D eigenvalue weighted by Gasteiger charge is 2.24. The Bertz CT molecular complexity index is 1440. The summed E-state index contributed by atoms with van der Waals surface area (Å²) in [5.74, 6) is 0.00987. The Labute approximate surface area is 189 Å². The third-order valence-electron chi connectivity index (χ3n) is 5.60. The van der Waals surface area contributed by atoms with Crippen LogP contribution in [0.15, 0.2) is 82.0 Å². The van der Waals surface area contributed by atoms with E-state index in [1.165, 1.54) is 4.90 Å².